The van der Waals surface area contributed by atoms with Crippen LogP contribution in [0.5, 0.6) is 11.5 Å². The molecule has 0 aliphatic rings. The molecular weight excluding hydrogens is 290 g/mol. The van der Waals surface area contributed by atoms with Crippen molar-refractivity contribution < 1.29 is 14.3 Å². The maximum absolute atomic E-state index is 12.7. The smallest absolute Gasteiger partial charge is 0.256 e. The van der Waals surface area contributed by atoms with Gasteiger partial charge in [0.05, 0.1) is 19.9 Å². The van der Waals surface area contributed by atoms with Gasteiger partial charge in [-0.25, -0.2) is 0 Å². The van der Waals surface area contributed by atoms with Crippen LogP contribution in [-0.4, -0.2) is 20.1 Å². The van der Waals surface area contributed by atoms with Crippen LogP contribution in [0.15, 0.2) is 60.7 Å². The third-order valence-corrected chi connectivity index (χ3v) is 3.69. The van der Waals surface area contributed by atoms with Gasteiger partial charge in [-0.1, -0.05) is 36.4 Å². The van der Waals surface area contributed by atoms with Crippen molar-refractivity contribution in [2.75, 3.05) is 19.5 Å². The zero-order valence-corrected chi connectivity index (χ0v) is 13.0. The molecule has 3 rings (SSSR count). The molecule has 0 fully saturated rings. The number of rotatable bonds is 4. The number of nitrogens with one attached hydrogen (secondary N) is 1. The lowest BCUT2D eigenvalue weighted by Crippen LogP contribution is -2.13. The molecule has 4 heteroatoms. The minimum absolute atomic E-state index is 0.187. The topological polar surface area (TPSA) is 47.6 Å². The first kappa shape index (κ1) is 14.9. The van der Waals surface area contributed by atoms with Gasteiger partial charge in [-0.2, -0.15) is 0 Å². The SMILES string of the molecule is COc1ccc(OC)c(NC(=O)c2cccc3ccccc23)c1. The summed E-state index contributed by atoms with van der Waals surface area (Å²) in [5, 5.41) is 4.84. The van der Waals surface area contributed by atoms with Crippen LogP contribution in [0.25, 0.3) is 10.8 Å². The van der Waals surface area contributed by atoms with Gasteiger partial charge < -0.3 is 14.8 Å². The van der Waals surface area contributed by atoms with Crippen LogP contribution in [0.1, 0.15) is 10.4 Å². The Labute approximate surface area is 134 Å². The summed E-state index contributed by atoms with van der Waals surface area (Å²) in [6, 6.07) is 18.8. The van der Waals surface area contributed by atoms with E-state index in [-0.39, 0.29) is 5.91 Å². The molecule has 0 heterocycles. The van der Waals surface area contributed by atoms with Crippen molar-refractivity contribution in [3.05, 3.63) is 66.2 Å². The Morgan fingerprint density at radius 2 is 1.70 bits per heavy atom. The summed E-state index contributed by atoms with van der Waals surface area (Å²) in [7, 11) is 3.15. The number of carbonyl (C=O) groups is 1. The predicted molar refractivity (Wildman–Crippen MR) is 91.4 cm³/mol. The van der Waals surface area contributed by atoms with Gasteiger partial charge in [0.15, 0.2) is 0 Å². The molecule has 23 heavy (non-hydrogen) atoms. The molecule has 0 saturated heterocycles. The molecule has 0 unspecified atom stereocenters. The van der Waals surface area contributed by atoms with E-state index in [4.69, 9.17) is 9.47 Å². The fraction of sp³-hybridized carbons (Fsp3) is 0.105. The van der Waals surface area contributed by atoms with Crippen LogP contribution in [-0.2, 0) is 0 Å². The maximum atomic E-state index is 12.7. The zero-order valence-electron chi connectivity index (χ0n) is 13.0. The van der Waals surface area contributed by atoms with E-state index in [1.54, 1.807) is 32.4 Å². The van der Waals surface area contributed by atoms with E-state index in [0.29, 0.717) is 22.7 Å². The van der Waals surface area contributed by atoms with Gasteiger partial charge in [0.1, 0.15) is 11.5 Å². The number of carbonyl (C=O) groups excluding carboxylic acids is 1. The third kappa shape index (κ3) is 2.97. The van der Waals surface area contributed by atoms with Crippen LogP contribution >= 0.6 is 0 Å². The first-order chi connectivity index (χ1) is 11.2. The van der Waals surface area contributed by atoms with E-state index in [0.717, 1.165) is 10.8 Å². The summed E-state index contributed by atoms with van der Waals surface area (Å²) >= 11 is 0. The molecular formula is C19H17NO3. The molecule has 4 nitrogen and oxygen atoms in total. The molecule has 0 aromatic heterocycles. The van der Waals surface area contributed by atoms with E-state index in [2.05, 4.69) is 5.32 Å². The summed E-state index contributed by atoms with van der Waals surface area (Å²) in [4.78, 5) is 12.7. The molecule has 0 radical (unpaired) electrons. The Kier molecular flexibility index (Phi) is 4.15. The second-order valence-electron chi connectivity index (χ2n) is 5.05. The fourth-order valence-corrected chi connectivity index (χ4v) is 2.52. The molecule has 1 amide bonds. The summed E-state index contributed by atoms with van der Waals surface area (Å²) in [5.41, 5.74) is 1.19. The molecule has 0 aliphatic heterocycles. The Bertz CT molecular complexity index is 853. The highest BCUT2D eigenvalue weighted by molar-refractivity contribution is 6.13. The third-order valence-electron chi connectivity index (χ3n) is 3.69. The van der Waals surface area contributed by atoms with Crippen LogP contribution in [0, 0.1) is 0 Å². The van der Waals surface area contributed by atoms with Crippen molar-refractivity contribution in [2.45, 2.75) is 0 Å². The van der Waals surface area contributed by atoms with E-state index in [1.165, 1.54) is 0 Å². The molecule has 1 N–H and O–H groups in total. The highest BCUT2D eigenvalue weighted by Crippen LogP contribution is 2.30. The number of anilines is 1. The van der Waals surface area contributed by atoms with Crippen LogP contribution in [0.2, 0.25) is 0 Å². The van der Waals surface area contributed by atoms with Crippen molar-refractivity contribution in [3.63, 3.8) is 0 Å². The first-order valence-corrected chi connectivity index (χ1v) is 7.24. The Balaban J connectivity index is 1.98. The molecule has 0 spiro atoms. The minimum Gasteiger partial charge on any atom is -0.497 e. The monoisotopic (exact) mass is 307 g/mol. The van der Waals surface area contributed by atoms with Gasteiger partial charge in [-0.15, -0.1) is 0 Å². The van der Waals surface area contributed by atoms with E-state index < -0.39 is 0 Å². The number of fused-ring (bicyclic) bond motifs is 1. The first-order valence-electron chi connectivity index (χ1n) is 7.24. The van der Waals surface area contributed by atoms with Crippen molar-refractivity contribution >= 4 is 22.4 Å². The van der Waals surface area contributed by atoms with Gasteiger partial charge in [0.2, 0.25) is 0 Å². The largest absolute Gasteiger partial charge is 0.497 e. The Morgan fingerprint density at radius 3 is 2.48 bits per heavy atom. The van der Waals surface area contributed by atoms with Gasteiger partial charge >= 0.3 is 0 Å². The maximum Gasteiger partial charge on any atom is 0.256 e. The Morgan fingerprint density at radius 1 is 0.913 bits per heavy atom. The van der Waals surface area contributed by atoms with Crippen LogP contribution in [0.4, 0.5) is 5.69 Å². The van der Waals surface area contributed by atoms with Gasteiger partial charge in [-0.05, 0) is 29.0 Å². The van der Waals surface area contributed by atoms with Crippen LogP contribution in [0.3, 0.4) is 0 Å². The number of amides is 1. The number of ether oxygens (including phenoxy) is 2. The highest BCUT2D eigenvalue weighted by atomic mass is 16.5. The van der Waals surface area contributed by atoms with E-state index >= 15 is 0 Å². The number of hydrogen-bond donors (Lipinski definition) is 1. The van der Waals surface area contributed by atoms with Gasteiger partial charge in [0.25, 0.3) is 5.91 Å². The number of hydrogen-bond acceptors (Lipinski definition) is 3. The van der Waals surface area contributed by atoms with Crippen molar-refractivity contribution in [2.24, 2.45) is 0 Å². The quantitative estimate of drug-likeness (QED) is 0.789. The zero-order chi connectivity index (χ0) is 16.2. The fourth-order valence-electron chi connectivity index (χ4n) is 2.52. The van der Waals surface area contributed by atoms with Crippen molar-refractivity contribution in [1.82, 2.24) is 0 Å². The molecule has 116 valence electrons. The molecule has 0 saturated carbocycles. The minimum atomic E-state index is -0.187. The summed E-state index contributed by atoms with van der Waals surface area (Å²) < 4.78 is 10.5. The lowest BCUT2D eigenvalue weighted by Gasteiger charge is -2.12. The normalized spacial score (nSPS) is 10.3. The number of methoxy groups -OCH3 is 2. The molecule has 3 aromatic rings. The summed E-state index contributed by atoms with van der Waals surface area (Å²) in [6.45, 7) is 0. The lowest BCUT2D eigenvalue weighted by molar-refractivity contribution is 0.102. The molecule has 0 atom stereocenters. The molecule has 0 aliphatic carbocycles. The standard InChI is InChI=1S/C19H17NO3/c1-22-14-10-11-18(23-2)17(12-14)20-19(21)16-9-5-7-13-6-3-4-8-15(13)16/h3-12H,1-2H3,(H,20,21). The average molecular weight is 307 g/mol. The Hall–Kier alpha value is -3.01. The summed E-state index contributed by atoms with van der Waals surface area (Å²) in [5.74, 6) is 1.05. The van der Waals surface area contributed by atoms with Crippen molar-refractivity contribution in [1.29, 1.82) is 0 Å². The second-order valence-corrected chi connectivity index (χ2v) is 5.05. The van der Waals surface area contributed by atoms with E-state index in [9.17, 15) is 4.79 Å². The number of benzene rings is 3. The predicted octanol–water partition coefficient (Wildman–Crippen LogP) is 4.11. The lowest BCUT2D eigenvalue weighted by atomic mass is 10.0. The average Bonchev–Trinajstić information content (AvgIpc) is 2.61. The molecule has 3 aromatic carbocycles. The second kappa shape index (κ2) is 6.40. The molecule has 0 bridgehead atoms. The van der Waals surface area contributed by atoms with Gasteiger partial charge in [-0.3, -0.25) is 4.79 Å². The van der Waals surface area contributed by atoms with Gasteiger partial charge in [0, 0.05) is 11.6 Å². The van der Waals surface area contributed by atoms with Crippen LogP contribution < -0.4 is 14.8 Å². The van der Waals surface area contributed by atoms with E-state index in [1.807, 2.05) is 42.5 Å². The highest BCUT2D eigenvalue weighted by Gasteiger charge is 2.13. The summed E-state index contributed by atoms with van der Waals surface area (Å²) in [6.07, 6.45) is 0. The van der Waals surface area contributed by atoms with Crippen molar-refractivity contribution in [3.8, 4) is 11.5 Å².